The zero-order valence-electron chi connectivity index (χ0n) is 13.4. The van der Waals surface area contributed by atoms with E-state index in [2.05, 4.69) is 15.1 Å². The zero-order valence-corrected chi connectivity index (χ0v) is 14.2. The average Bonchev–Trinajstić information content (AvgIpc) is 3.00. The topological polar surface area (TPSA) is 89.2 Å². The second-order valence-corrected chi connectivity index (χ2v) is 8.68. The van der Waals surface area contributed by atoms with E-state index in [1.807, 2.05) is 30.9 Å². The first-order valence-corrected chi connectivity index (χ1v) is 9.35. The molecule has 0 bridgehead atoms. The zero-order chi connectivity index (χ0) is 16.6. The predicted molar refractivity (Wildman–Crippen MR) is 87.1 cm³/mol. The van der Waals surface area contributed by atoms with E-state index in [1.165, 1.54) is 0 Å². The van der Waals surface area contributed by atoms with Gasteiger partial charge in [-0.15, -0.1) is 0 Å². The molecule has 124 valence electrons. The van der Waals surface area contributed by atoms with Crippen LogP contribution in [0.25, 0.3) is 11.5 Å². The Morgan fingerprint density at radius 3 is 2.83 bits per heavy atom. The molecule has 1 unspecified atom stereocenters. The first kappa shape index (κ1) is 15.9. The molecule has 0 amide bonds. The van der Waals surface area contributed by atoms with E-state index in [0.717, 1.165) is 11.4 Å². The van der Waals surface area contributed by atoms with Gasteiger partial charge in [0.1, 0.15) is 5.82 Å². The summed E-state index contributed by atoms with van der Waals surface area (Å²) in [6.45, 7) is 6.63. The maximum absolute atomic E-state index is 11.8. The van der Waals surface area contributed by atoms with Crippen molar-refractivity contribution in [1.29, 1.82) is 0 Å². The van der Waals surface area contributed by atoms with Gasteiger partial charge in [-0.05, 0) is 19.1 Å². The monoisotopic (exact) mass is 336 g/mol. The van der Waals surface area contributed by atoms with Gasteiger partial charge in [0.25, 0.3) is 5.89 Å². The molecule has 2 aromatic rings. The Morgan fingerprint density at radius 1 is 1.39 bits per heavy atom. The Hall–Kier alpha value is -1.96. The molecule has 1 saturated heterocycles. The minimum Gasteiger partial charge on any atom is -0.354 e. The SMILES string of the molecule is CC(C)c1noc(-c2ccnc(N3CCS(=O)(=O)C(C)C3)c2)n1. The summed E-state index contributed by atoms with van der Waals surface area (Å²) in [5, 5.41) is 3.57. The average molecular weight is 336 g/mol. The molecule has 7 nitrogen and oxygen atoms in total. The summed E-state index contributed by atoms with van der Waals surface area (Å²) in [4.78, 5) is 10.7. The summed E-state index contributed by atoms with van der Waals surface area (Å²) in [6, 6.07) is 3.67. The highest BCUT2D eigenvalue weighted by Crippen LogP contribution is 2.25. The summed E-state index contributed by atoms with van der Waals surface area (Å²) in [5.74, 6) is 2.19. The molecule has 2 aromatic heterocycles. The van der Waals surface area contributed by atoms with E-state index in [9.17, 15) is 8.42 Å². The normalized spacial score (nSPS) is 20.9. The maximum atomic E-state index is 11.8. The van der Waals surface area contributed by atoms with Crippen molar-refractivity contribution >= 4 is 15.7 Å². The van der Waals surface area contributed by atoms with E-state index in [1.54, 1.807) is 13.1 Å². The van der Waals surface area contributed by atoms with E-state index in [0.29, 0.717) is 24.8 Å². The summed E-state index contributed by atoms with van der Waals surface area (Å²) in [5.41, 5.74) is 0.787. The molecule has 1 atom stereocenters. The molecule has 23 heavy (non-hydrogen) atoms. The number of aromatic nitrogens is 3. The van der Waals surface area contributed by atoms with Gasteiger partial charge in [-0.2, -0.15) is 4.98 Å². The van der Waals surface area contributed by atoms with Crippen molar-refractivity contribution in [2.24, 2.45) is 0 Å². The molecule has 1 aliphatic rings. The number of pyridine rings is 1. The smallest absolute Gasteiger partial charge is 0.258 e. The van der Waals surface area contributed by atoms with Crippen LogP contribution in [0.1, 0.15) is 32.5 Å². The lowest BCUT2D eigenvalue weighted by Crippen LogP contribution is -2.45. The van der Waals surface area contributed by atoms with Crippen LogP contribution in [-0.4, -0.2) is 47.6 Å². The number of anilines is 1. The summed E-state index contributed by atoms with van der Waals surface area (Å²) in [6.07, 6.45) is 1.68. The van der Waals surface area contributed by atoms with Gasteiger partial charge < -0.3 is 9.42 Å². The van der Waals surface area contributed by atoms with Crippen LogP contribution in [0.3, 0.4) is 0 Å². The van der Waals surface area contributed by atoms with Gasteiger partial charge in [-0.25, -0.2) is 13.4 Å². The molecular formula is C15H20N4O3S. The highest BCUT2D eigenvalue weighted by Gasteiger charge is 2.30. The van der Waals surface area contributed by atoms with E-state index in [4.69, 9.17) is 4.52 Å². The Labute approximate surface area is 135 Å². The summed E-state index contributed by atoms with van der Waals surface area (Å²) in [7, 11) is -2.98. The number of hydrogen-bond donors (Lipinski definition) is 0. The molecule has 8 heteroatoms. The van der Waals surface area contributed by atoms with Gasteiger partial charge in [-0.3, -0.25) is 0 Å². The molecule has 0 aliphatic carbocycles. The van der Waals surface area contributed by atoms with Gasteiger partial charge in [0.2, 0.25) is 0 Å². The fraction of sp³-hybridized carbons (Fsp3) is 0.533. The second kappa shape index (κ2) is 5.92. The molecule has 0 spiro atoms. The van der Waals surface area contributed by atoms with E-state index in [-0.39, 0.29) is 11.7 Å². The Kier molecular flexibility index (Phi) is 4.09. The van der Waals surface area contributed by atoms with Crippen LogP contribution in [-0.2, 0) is 9.84 Å². The van der Waals surface area contributed by atoms with E-state index < -0.39 is 15.1 Å². The standard InChI is InChI=1S/C15H20N4O3S/c1-10(2)14-17-15(22-18-14)12-4-5-16-13(8-12)19-6-7-23(20,21)11(3)9-19/h4-5,8,10-11H,6-7,9H2,1-3H3. The van der Waals surface area contributed by atoms with Gasteiger partial charge in [0, 0.05) is 30.8 Å². The second-order valence-electron chi connectivity index (χ2n) is 6.14. The molecular weight excluding hydrogens is 316 g/mol. The molecule has 1 fully saturated rings. The van der Waals surface area contributed by atoms with Crippen molar-refractivity contribution in [3.8, 4) is 11.5 Å². The number of hydrogen-bond acceptors (Lipinski definition) is 7. The fourth-order valence-corrected chi connectivity index (χ4v) is 3.76. The summed E-state index contributed by atoms with van der Waals surface area (Å²) < 4.78 is 29.0. The van der Waals surface area contributed by atoms with Crippen LogP contribution in [0, 0.1) is 0 Å². The van der Waals surface area contributed by atoms with Gasteiger partial charge in [0.15, 0.2) is 15.7 Å². The van der Waals surface area contributed by atoms with Crippen molar-refractivity contribution in [2.45, 2.75) is 31.9 Å². The number of rotatable bonds is 3. The lowest BCUT2D eigenvalue weighted by Gasteiger charge is -2.31. The predicted octanol–water partition coefficient (Wildman–Crippen LogP) is 1.88. The Bertz CT molecular complexity index is 801. The lowest BCUT2D eigenvalue weighted by molar-refractivity contribution is 0.419. The Morgan fingerprint density at radius 2 is 2.17 bits per heavy atom. The van der Waals surface area contributed by atoms with Gasteiger partial charge in [-0.1, -0.05) is 19.0 Å². The minimum atomic E-state index is -2.98. The van der Waals surface area contributed by atoms with Crippen LogP contribution in [0.2, 0.25) is 0 Å². The van der Waals surface area contributed by atoms with Crippen LogP contribution in [0.5, 0.6) is 0 Å². The van der Waals surface area contributed by atoms with Crippen molar-refractivity contribution in [3.63, 3.8) is 0 Å². The largest absolute Gasteiger partial charge is 0.354 e. The summed E-state index contributed by atoms with van der Waals surface area (Å²) >= 11 is 0. The first-order chi connectivity index (χ1) is 10.9. The molecule has 0 aromatic carbocycles. The van der Waals surface area contributed by atoms with Crippen LogP contribution in [0.4, 0.5) is 5.82 Å². The Balaban J connectivity index is 1.85. The van der Waals surface area contributed by atoms with Gasteiger partial charge >= 0.3 is 0 Å². The van der Waals surface area contributed by atoms with Crippen LogP contribution >= 0.6 is 0 Å². The number of nitrogens with zero attached hydrogens (tertiary/aromatic N) is 4. The van der Waals surface area contributed by atoms with Crippen LogP contribution in [0.15, 0.2) is 22.9 Å². The van der Waals surface area contributed by atoms with Gasteiger partial charge in [0.05, 0.1) is 11.0 Å². The maximum Gasteiger partial charge on any atom is 0.258 e. The number of sulfone groups is 1. The van der Waals surface area contributed by atoms with E-state index >= 15 is 0 Å². The molecule has 3 heterocycles. The highest BCUT2D eigenvalue weighted by atomic mass is 32.2. The molecule has 0 radical (unpaired) electrons. The fourth-order valence-electron chi connectivity index (χ4n) is 2.47. The van der Waals surface area contributed by atoms with Crippen molar-refractivity contribution < 1.29 is 12.9 Å². The highest BCUT2D eigenvalue weighted by molar-refractivity contribution is 7.92. The first-order valence-electron chi connectivity index (χ1n) is 7.63. The molecule has 3 rings (SSSR count). The third-order valence-corrected chi connectivity index (χ3v) is 6.14. The van der Waals surface area contributed by atoms with Crippen LogP contribution < -0.4 is 4.90 Å². The van der Waals surface area contributed by atoms with Crippen molar-refractivity contribution in [2.75, 3.05) is 23.7 Å². The molecule has 1 aliphatic heterocycles. The van der Waals surface area contributed by atoms with Crippen molar-refractivity contribution in [1.82, 2.24) is 15.1 Å². The third kappa shape index (κ3) is 3.21. The molecule has 0 saturated carbocycles. The third-order valence-electron chi connectivity index (χ3n) is 4.01. The molecule has 0 N–H and O–H groups in total. The lowest BCUT2D eigenvalue weighted by atomic mass is 10.2. The van der Waals surface area contributed by atoms with Crippen molar-refractivity contribution in [3.05, 3.63) is 24.2 Å². The quantitative estimate of drug-likeness (QED) is 0.845. The minimum absolute atomic E-state index is 0.151.